The second-order valence-electron chi connectivity index (χ2n) is 4.23. The van der Waals surface area contributed by atoms with Crippen LogP contribution in [0, 0.1) is 0 Å². The third kappa shape index (κ3) is 2.03. The van der Waals surface area contributed by atoms with E-state index in [9.17, 15) is 0 Å². The van der Waals surface area contributed by atoms with Gasteiger partial charge in [-0.3, -0.25) is 4.99 Å². The van der Waals surface area contributed by atoms with Crippen molar-refractivity contribution in [2.24, 2.45) is 4.99 Å². The molecule has 2 rings (SSSR count). The normalized spacial score (nSPS) is 24.1. The van der Waals surface area contributed by atoms with E-state index in [1.807, 2.05) is 32.2 Å². The fourth-order valence-electron chi connectivity index (χ4n) is 2.15. The van der Waals surface area contributed by atoms with Gasteiger partial charge in [0.1, 0.15) is 0 Å². The molecule has 1 atom stereocenters. The first kappa shape index (κ1) is 11.6. The summed E-state index contributed by atoms with van der Waals surface area (Å²) < 4.78 is 0. The van der Waals surface area contributed by atoms with E-state index in [0.29, 0.717) is 0 Å². The summed E-state index contributed by atoms with van der Waals surface area (Å²) in [4.78, 5) is 6.85. The summed E-state index contributed by atoms with van der Waals surface area (Å²) in [6, 6.07) is 0.209. The highest BCUT2D eigenvalue weighted by Gasteiger charge is 2.22. The predicted molar refractivity (Wildman–Crippen MR) is 73.9 cm³/mol. The molecule has 0 aromatic carbocycles. The Hall–Kier alpha value is -1.83. The van der Waals surface area contributed by atoms with Gasteiger partial charge in [0.2, 0.25) is 0 Å². The van der Waals surface area contributed by atoms with Gasteiger partial charge in [0, 0.05) is 12.7 Å². The number of aliphatic imine (C=N–C) groups is 1. The molecule has 0 fully saturated rings. The van der Waals surface area contributed by atoms with Crippen molar-refractivity contribution in [3.63, 3.8) is 0 Å². The van der Waals surface area contributed by atoms with Crippen LogP contribution in [0.1, 0.15) is 13.3 Å². The van der Waals surface area contributed by atoms with E-state index >= 15 is 0 Å². The molecule has 2 aliphatic rings. The molecule has 88 valence electrons. The second-order valence-corrected chi connectivity index (χ2v) is 4.23. The largest absolute Gasteiger partial charge is 0.344 e. The molecule has 2 nitrogen and oxygen atoms in total. The van der Waals surface area contributed by atoms with Crippen LogP contribution in [0.25, 0.3) is 0 Å². The standard InChI is InChI=1S/C15H18N2/c1-5-12(6-2)13-9-10-15-14(16-13)8-7-11(3)17(15)4/h5-8,10,13H,1,3,9H2,2,4H3/b12-6+. The third-order valence-corrected chi connectivity index (χ3v) is 3.27. The average molecular weight is 226 g/mol. The molecule has 0 bridgehead atoms. The Morgan fingerprint density at radius 1 is 1.53 bits per heavy atom. The molecule has 0 amide bonds. The number of allylic oxidation sites excluding steroid dienone is 3. The van der Waals surface area contributed by atoms with Gasteiger partial charge >= 0.3 is 0 Å². The maximum atomic E-state index is 4.77. The van der Waals surface area contributed by atoms with Crippen LogP contribution >= 0.6 is 0 Å². The second kappa shape index (κ2) is 4.58. The fraction of sp³-hybridized carbons (Fsp3) is 0.267. The van der Waals surface area contributed by atoms with E-state index < -0.39 is 0 Å². The van der Waals surface area contributed by atoms with Crippen molar-refractivity contribution in [2.75, 3.05) is 7.05 Å². The maximum absolute atomic E-state index is 4.77. The third-order valence-electron chi connectivity index (χ3n) is 3.27. The fourth-order valence-corrected chi connectivity index (χ4v) is 2.15. The molecular formula is C15H18N2. The Balaban J connectivity index is 2.34. The van der Waals surface area contributed by atoms with E-state index in [1.54, 1.807) is 0 Å². The Kier molecular flexibility index (Phi) is 3.14. The van der Waals surface area contributed by atoms with Gasteiger partial charge in [-0.1, -0.05) is 31.4 Å². The lowest BCUT2D eigenvalue weighted by Gasteiger charge is -2.31. The van der Waals surface area contributed by atoms with Crippen LogP contribution < -0.4 is 0 Å². The quantitative estimate of drug-likeness (QED) is 0.660. The molecule has 2 heterocycles. The summed E-state index contributed by atoms with van der Waals surface area (Å²) in [5, 5.41) is 0. The van der Waals surface area contributed by atoms with Crippen molar-refractivity contribution in [1.82, 2.24) is 4.90 Å². The molecule has 2 aliphatic heterocycles. The molecule has 0 aromatic rings. The monoisotopic (exact) mass is 226 g/mol. The van der Waals surface area contributed by atoms with E-state index in [1.165, 1.54) is 5.57 Å². The van der Waals surface area contributed by atoms with Crippen LogP contribution in [0.15, 0.2) is 65.5 Å². The van der Waals surface area contributed by atoms with Crippen molar-refractivity contribution in [3.8, 4) is 0 Å². The lowest BCUT2D eigenvalue weighted by atomic mass is 9.97. The summed E-state index contributed by atoms with van der Waals surface area (Å²) in [7, 11) is 2.03. The predicted octanol–water partition coefficient (Wildman–Crippen LogP) is 3.23. The Labute approximate surface area is 103 Å². The Morgan fingerprint density at radius 2 is 2.29 bits per heavy atom. The van der Waals surface area contributed by atoms with Crippen molar-refractivity contribution < 1.29 is 0 Å². The van der Waals surface area contributed by atoms with Gasteiger partial charge in [-0.05, 0) is 31.1 Å². The lowest BCUT2D eigenvalue weighted by molar-refractivity contribution is 0.549. The van der Waals surface area contributed by atoms with Gasteiger partial charge in [0.25, 0.3) is 0 Å². The number of hydrogen-bond donors (Lipinski definition) is 0. The number of nitrogens with zero attached hydrogens (tertiary/aromatic N) is 2. The highest BCUT2D eigenvalue weighted by atomic mass is 15.1. The number of dihydropyridines is 1. The van der Waals surface area contributed by atoms with Gasteiger partial charge in [0.15, 0.2) is 0 Å². The Bertz CT molecular complexity index is 475. The zero-order valence-electron chi connectivity index (χ0n) is 10.5. The molecule has 0 spiro atoms. The molecule has 0 N–H and O–H groups in total. The van der Waals surface area contributed by atoms with Gasteiger partial charge in [0.05, 0.1) is 17.5 Å². The van der Waals surface area contributed by atoms with Crippen molar-refractivity contribution in [3.05, 3.63) is 60.5 Å². The maximum Gasteiger partial charge on any atom is 0.0816 e. The van der Waals surface area contributed by atoms with E-state index in [2.05, 4.69) is 30.2 Å². The van der Waals surface area contributed by atoms with E-state index in [-0.39, 0.29) is 6.04 Å². The summed E-state index contributed by atoms with van der Waals surface area (Å²) in [6.07, 6.45) is 11.2. The zero-order valence-corrected chi connectivity index (χ0v) is 10.5. The SMILES string of the molecule is C=C/C(=C\C)C1CC=C2C(=N1)C=CC(=C)N2C. The molecule has 0 saturated heterocycles. The molecule has 0 radical (unpaired) electrons. The van der Waals surface area contributed by atoms with Gasteiger partial charge in [-0.2, -0.15) is 0 Å². The summed E-state index contributed by atoms with van der Waals surface area (Å²) in [6.45, 7) is 9.85. The molecule has 2 heteroatoms. The molecule has 17 heavy (non-hydrogen) atoms. The highest BCUT2D eigenvalue weighted by molar-refractivity contribution is 6.10. The van der Waals surface area contributed by atoms with E-state index in [0.717, 1.165) is 23.5 Å². The highest BCUT2D eigenvalue weighted by Crippen LogP contribution is 2.26. The summed E-state index contributed by atoms with van der Waals surface area (Å²) >= 11 is 0. The van der Waals surface area contributed by atoms with Crippen LogP contribution in [0.4, 0.5) is 0 Å². The van der Waals surface area contributed by atoms with Gasteiger partial charge in [-0.15, -0.1) is 0 Å². The zero-order chi connectivity index (χ0) is 12.4. The summed E-state index contributed by atoms with van der Waals surface area (Å²) in [5.74, 6) is 0. The molecule has 0 aliphatic carbocycles. The first-order valence-electron chi connectivity index (χ1n) is 5.85. The molecule has 1 unspecified atom stereocenters. The van der Waals surface area contributed by atoms with Crippen LogP contribution in [0.2, 0.25) is 0 Å². The van der Waals surface area contributed by atoms with Crippen molar-refractivity contribution >= 4 is 5.71 Å². The van der Waals surface area contributed by atoms with Crippen LogP contribution in [-0.4, -0.2) is 23.7 Å². The first-order chi connectivity index (χ1) is 8.17. The minimum absolute atomic E-state index is 0.209. The minimum Gasteiger partial charge on any atom is -0.344 e. The number of rotatable bonds is 2. The Morgan fingerprint density at radius 3 is 2.94 bits per heavy atom. The van der Waals surface area contributed by atoms with Crippen LogP contribution in [0.3, 0.4) is 0 Å². The van der Waals surface area contributed by atoms with E-state index in [4.69, 9.17) is 4.99 Å². The average Bonchev–Trinajstić information content (AvgIpc) is 2.35. The van der Waals surface area contributed by atoms with Crippen molar-refractivity contribution in [1.29, 1.82) is 0 Å². The topological polar surface area (TPSA) is 15.6 Å². The lowest BCUT2D eigenvalue weighted by Crippen LogP contribution is -2.28. The van der Waals surface area contributed by atoms with Crippen LogP contribution in [0.5, 0.6) is 0 Å². The van der Waals surface area contributed by atoms with Crippen LogP contribution in [-0.2, 0) is 0 Å². The first-order valence-corrected chi connectivity index (χ1v) is 5.85. The van der Waals surface area contributed by atoms with Gasteiger partial charge < -0.3 is 4.90 Å². The van der Waals surface area contributed by atoms with Gasteiger partial charge in [-0.25, -0.2) is 0 Å². The minimum atomic E-state index is 0.209. The number of fused-ring (bicyclic) bond motifs is 1. The number of likely N-dealkylation sites (N-methyl/N-ethyl adjacent to an activating group) is 1. The molecule has 0 saturated carbocycles. The smallest absolute Gasteiger partial charge is 0.0816 e. The van der Waals surface area contributed by atoms with Crippen molar-refractivity contribution in [2.45, 2.75) is 19.4 Å². The number of hydrogen-bond acceptors (Lipinski definition) is 2. The summed E-state index contributed by atoms with van der Waals surface area (Å²) in [5.41, 5.74) is 4.39. The molecule has 0 aromatic heterocycles. The molecular weight excluding hydrogens is 208 g/mol.